The SMILES string of the molecule is CN.COC(=O)c1cc([N+](=O)[O-])ccc1Br.COC(=O)c1cc([N+](=O)[O-])ccc1NC1Cc2ccc(Nc3ccc(Cl)c(Cl)c3)cc2C1.C[N+](=O)[O-].Clc1ccc(I)cc1Cl.NC1Cc2ccc(Nc3ccc(Cl)c(Cl)c3)cc2C1.NC1Cc2ccccc2C1.NC1Cc2ccccc2C1.O=C(O)c1cc([N+](=O)[O-])ccc1NC1Cc2ccc(Nc3ccc(Cl)c(Cl)c3)cc2C1.O=S1OOO1.[HH].[Na+].[OH-]. The van der Waals surface area contributed by atoms with Crippen LogP contribution in [0.1, 0.15) is 88.1 Å². The number of nitro benzene ring substituents is 3. The Morgan fingerprint density at radius 3 is 0.993 bits per heavy atom. The van der Waals surface area contributed by atoms with E-state index in [2.05, 4.69) is 168 Å². The molecule has 0 saturated carbocycles. The second-order valence-corrected chi connectivity index (χ2v) is 36.4. The summed E-state index contributed by atoms with van der Waals surface area (Å²) in [6, 6.07) is 70.2. The van der Waals surface area contributed by atoms with Crippen molar-refractivity contribution in [3.8, 4) is 0 Å². The molecular formula is C94H92BrCl8IN13NaO19S. The number of nitro groups is 4. The van der Waals surface area contributed by atoms with Crippen LogP contribution in [0, 0.1) is 44.0 Å². The number of rotatable bonds is 16. The van der Waals surface area contributed by atoms with Gasteiger partial charge in [0.15, 0.2) is 7.05 Å². The number of carbonyl (C=O) groups excluding carboxylic acids is 2. The number of aromatic carboxylic acids is 1. The Hall–Kier alpha value is -9.99. The largest absolute Gasteiger partial charge is 1.00 e. The molecule has 1 heterocycles. The number of carboxylic acids is 1. The molecule has 0 spiro atoms. The van der Waals surface area contributed by atoms with E-state index < -0.39 is 49.0 Å². The van der Waals surface area contributed by atoms with Gasteiger partial charge in [-0.15, -0.1) is 0 Å². The number of fused-ring (bicyclic) bond motifs is 5. The van der Waals surface area contributed by atoms with Crippen LogP contribution in [0.3, 0.4) is 0 Å². The van der Waals surface area contributed by atoms with Gasteiger partial charge < -0.3 is 69.6 Å². The number of benzene rings is 12. The van der Waals surface area contributed by atoms with Crippen molar-refractivity contribution in [3.05, 3.63) is 392 Å². The molecule has 12 aromatic carbocycles. The summed E-state index contributed by atoms with van der Waals surface area (Å²) < 4.78 is 27.6. The predicted molar refractivity (Wildman–Crippen MR) is 552 cm³/mol. The number of non-ortho nitro benzene ring substituents is 3. The van der Waals surface area contributed by atoms with Crippen molar-refractivity contribution < 1.29 is 103 Å². The molecule has 3 atom stereocenters. The monoisotopic (exact) mass is 2250 g/mol. The van der Waals surface area contributed by atoms with Gasteiger partial charge in [-0.05, 0) is 298 Å². The van der Waals surface area contributed by atoms with Gasteiger partial charge in [-0.25, -0.2) is 14.4 Å². The third kappa shape index (κ3) is 35.4. The number of anilines is 8. The summed E-state index contributed by atoms with van der Waals surface area (Å²) in [7, 11) is 4.85. The number of hydrogen-bond acceptors (Lipinski definition) is 27. The van der Waals surface area contributed by atoms with Crippen molar-refractivity contribution in [2.45, 2.75) is 94.4 Å². The molecule has 724 valence electrons. The van der Waals surface area contributed by atoms with E-state index in [1.165, 1.54) is 102 Å². The minimum Gasteiger partial charge on any atom is -0.870 e. The molecular weight excluding hydrogens is 2160 g/mol. The second kappa shape index (κ2) is 56.5. The van der Waals surface area contributed by atoms with Gasteiger partial charge in [0, 0.05) is 126 Å². The van der Waals surface area contributed by atoms with Gasteiger partial charge in [0.05, 0.1) is 85.9 Å². The van der Waals surface area contributed by atoms with Crippen LogP contribution in [-0.4, -0.2) is 111 Å². The zero-order valence-electron chi connectivity index (χ0n) is 74.0. The van der Waals surface area contributed by atoms with Crippen molar-refractivity contribution in [2.75, 3.05) is 54.9 Å². The van der Waals surface area contributed by atoms with Gasteiger partial charge in [0.25, 0.3) is 17.1 Å². The number of nitrogens with zero attached hydrogens (tertiary/aromatic N) is 4. The first kappa shape index (κ1) is 115. The number of halogens is 10. The van der Waals surface area contributed by atoms with Crippen LogP contribution in [0.15, 0.2) is 235 Å². The normalized spacial score (nSPS) is 14.3. The molecule has 12 aromatic rings. The van der Waals surface area contributed by atoms with Crippen molar-refractivity contribution in [3.63, 3.8) is 0 Å². The maximum absolute atomic E-state index is 12.2. The maximum Gasteiger partial charge on any atom is 1.00 e. The molecule has 1 fully saturated rings. The van der Waals surface area contributed by atoms with Crippen LogP contribution in [0.5, 0.6) is 0 Å². The number of hydrogen-bond donors (Lipinski definition) is 10. The van der Waals surface area contributed by atoms with Crippen molar-refractivity contribution >= 4 is 223 Å². The van der Waals surface area contributed by atoms with E-state index in [0.717, 1.165) is 126 Å². The zero-order chi connectivity index (χ0) is 99.1. The molecule has 138 heavy (non-hydrogen) atoms. The van der Waals surface area contributed by atoms with E-state index in [1.54, 1.807) is 42.5 Å². The van der Waals surface area contributed by atoms with Crippen LogP contribution >= 0.6 is 131 Å². The molecule has 0 radical (unpaired) electrons. The van der Waals surface area contributed by atoms with Gasteiger partial charge in [-0.1, -0.05) is 168 Å². The number of nitrogens with two attached hydrogens (primary N) is 4. The third-order valence-electron chi connectivity index (χ3n) is 20.6. The quantitative estimate of drug-likeness (QED) is 0.00817. The van der Waals surface area contributed by atoms with Crippen molar-refractivity contribution in [1.29, 1.82) is 0 Å². The Labute approximate surface area is 881 Å². The van der Waals surface area contributed by atoms with E-state index in [1.807, 2.05) is 60.7 Å². The summed E-state index contributed by atoms with van der Waals surface area (Å²) in [6.07, 6.45) is 9.11. The smallest absolute Gasteiger partial charge is 0.870 e. The predicted octanol–water partition coefficient (Wildman–Crippen LogP) is 20.1. The average molecular weight is 2250 g/mol. The Morgan fingerprint density at radius 2 is 0.681 bits per heavy atom. The Bertz CT molecular complexity index is 6260. The fourth-order valence-corrected chi connectivity index (χ4v) is 17.0. The summed E-state index contributed by atoms with van der Waals surface area (Å²) in [5, 5.41) is 75.0. The molecule has 15 N–H and O–H groups in total. The summed E-state index contributed by atoms with van der Waals surface area (Å²) in [5.41, 5.74) is 41.1. The molecule has 0 aromatic heterocycles. The number of methoxy groups -OCH3 is 2. The van der Waals surface area contributed by atoms with Crippen LogP contribution in [0.25, 0.3) is 0 Å². The van der Waals surface area contributed by atoms with Gasteiger partial charge in [0.2, 0.25) is 0 Å². The summed E-state index contributed by atoms with van der Waals surface area (Å²) in [4.78, 5) is 73.9. The first-order chi connectivity index (χ1) is 64.8. The number of carbonyl (C=O) groups is 3. The fourth-order valence-electron chi connectivity index (χ4n) is 14.6. The Balaban J connectivity index is 0.000000254. The third-order valence-corrected chi connectivity index (χ3v) is 25.3. The molecule has 0 amide bonds. The number of nitrogens with one attached hydrogen (secondary N) is 5. The first-order valence-electron chi connectivity index (χ1n) is 40.9. The first-order valence-corrected chi connectivity index (χ1v) is 46.8. The van der Waals surface area contributed by atoms with Crippen molar-refractivity contribution in [1.82, 2.24) is 0 Å². The minimum absolute atomic E-state index is 0. The minimum atomic E-state index is -1.61. The fraction of sp³-hybridized carbons (Fsp3) is 0.202. The summed E-state index contributed by atoms with van der Waals surface area (Å²) >= 11 is 51.0. The standard InChI is InChI=1S/C23H19Cl2N3O4.C22H17Cl2N3O4.C15H14Cl2N2.2C9H11N.C8H6BrNO4.C6H3Cl2I.CH3NO2.CH5N.Na.O4S.H2O.H2/c1-32-23(29)19-12-18(28(30)31)5-7-22(19)27-17-8-13-2-3-15(9-14(13)10-17)26-16-4-6-20(24)21(25)11-16;23-19-5-3-15(10-20(19)24)25-14-2-1-12-7-16(9-13(12)8-14)26-21-6-4-17(27(30)31)11-18(21)22(28)29;16-14-4-3-13(8-15(14)17)19-12-2-1-9-5-11(18)6-10(9)7-12;2*10-9-5-7-3-1-2-4-8(7)6-9;1-14-8(11)6-4-5(10(12)13)2-3-7(6)9;7-5-2-1-4(9)3-6(5)8;1-2(3)4;1-2;;1-5-3-2-4-5;;/h2-7,9,11-12,17,26-27H,8,10H2,1H3;1-6,8,10-11,16,25-26H,7,9H2,(H,28,29);1-4,7-8,11,19H,5-6,18H2;2*1-4,9H,5-6,10H2;2-4H,1H3;1-3H;1H3;2H2,1H3;;;1H2;1H/q;;;;;;;;;+1;;;/p-1. The average Bonchev–Trinajstić information content (AvgIpc) is 1.68. The van der Waals surface area contributed by atoms with E-state index in [-0.39, 0.29) is 88.3 Å². The molecule has 1 saturated heterocycles. The number of ether oxygens (including phenoxy) is 2. The van der Waals surface area contributed by atoms with Crippen LogP contribution < -0.4 is 79.1 Å². The Morgan fingerprint density at radius 1 is 0.413 bits per heavy atom. The molecule has 0 bridgehead atoms. The molecule has 6 aliphatic rings. The Kier molecular flexibility index (Phi) is 47.0. The van der Waals surface area contributed by atoms with Crippen LogP contribution in [-0.2, 0) is 98.7 Å². The van der Waals surface area contributed by atoms with E-state index >= 15 is 0 Å². The molecule has 5 aliphatic carbocycles. The van der Waals surface area contributed by atoms with Gasteiger partial charge in [0.1, 0.15) is 0 Å². The zero-order valence-corrected chi connectivity index (χ0v) is 86.6. The summed E-state index contributed by atoms with van der Waals surface area (Å²) in [6.45, 7) is 0. The van der Waals surface area contributed by atoms with E-state index in [9.17, 15) is 54.0 Å². The molecule has 1 aliphatic heterocycles. The topological polar surface area (TPSA) is 501 Å². The molecule has 32 nitrogen and oxygen atoms in total. The van der Waals surface area contributed by atoms with Crippen LogP contribution in [0.2, 0.25) is 40.2 Å². The van der Waals surface area contributed by atoms with Gasteiger partial charge >= 0.3 is 58.8 Å². The summed E-state index contributed by atoms with van der Waals surface area (Å²) in [5.74, 6) is -2.45. The molecule has 44 heteroatoms. The second-order valence-electron chi connectivity index (χ2n) is 30.3. The number of esters is 2. The van der Waals surface area contributed by atoms with Crippen LogP contribution in [0.4, 0.5) is 62.6 Å². The molecule has 3 unspecified atom stereocenters. The van der Waals surface area contributed by atoms with E-state index in [0.29, 0.717) is 74.5 Å². The van der Waals surface area contributed by atoms with Crippen molar-refractivity contribution in [2.24, 2.45) is 22.9 Å². The maximum atomic E-state index is 12.2. The van der Waals surface area contributed by atoms with Gasteiger partial charge in [-0.3, -0.25) is 40.5 Å². The molecule has 18 rings (SSSR count). The van der Waals surface area contributed by atoms with Gasteiger partial charge in [-0.2, -0.15) is 4.21 Å². The number of carboxylic acid groups (broad SMARTS) is 1. The van der Waals surface area contributed by atoms with E-state index in [4.69, 9.17) is 125 Å².